The van der Waals surface area contributed by atoms with E-state index in [4.69, 9.17) is 14.2 Å². The molecule has 0 aliphatic carbocycles. The van der Waals surface area contributed by atoms with Crippen LogP contribution in [0.25, 0.3) is 33.8 Å². The summed E-state index contributed by atoms with van der Waals surface area (Å²) >= 11 is 0. The minimum atomic E-state index is -0.437. The molecule has 0 saturated heterocycles. The van der Waals surface area contributed by atoms with Gasteiger partial charge in [-0.15, -0.1) is 89.5 Å². The van der Waals surface area contributed by atoms with Gasteiger partial charge in [-0.2, -0.15) is 0 Å². The second-order valence-corrected chi connectivity index (χ2v) is 10.8. The zero-order valence-electron chi connectivity index (χ0n) is 29.4. The van der Waals surface area contributed by atoms with Crippen molar-refractivity contribution >= 4 is 17.9 Å². The molecule has 6 aromatic rings. The molecule has 0 saturated carbocycles. The molecule has 10 heteroatoms. The summed E-state index contributed by atoms with van der Waals surface area (Å²) < 4.78 is 15.4. The molecule has 0 aliphatic rings. The van der Waals surface area contributed by atoms with Gasteiger partial charge in [0.1, 0.15) is 0 Å². The van der Waals surface area contributed by atoms with E-state index in [-0.39, 0.29) is 32.0 Å². The number of hydrogen-bond acceptors (Lipinski definition) is 9. The first-order chi connectivity index (χ1) is 25.2. The van der Waals surface area contributed by atoms with Crippen molar-refractivity contribution in [3.05, 3.63) is 158 Å². The van der Waals surface area contributed by atoms with E-state index in [0.29, 0.717) is 35.7 Å². The number of ether oxygens (including phenoxy) is 3. The molecule has 0 bridgehead atoms. The number of hydrogen-bond donors (Lipinski definition) is 0. The van der Waals surface area contributed by atoms with Gasteiger partial charge in [0, 0.05) is 37.0 Å². The molecule has 3 aromatic carbocycles. The van der Waals surface area contributed by atoms with Gasteiger partial charge in [-0.1, -0.05) is 56.8 Å². The summed E-state index contributed by atoms with van der Waals surface area (Å²) in [5.74, 6) is 0.578. The summed E-state index contributed by atoms with van der Waals surface area (Å²) in [5, 5.41) is 0. The molecule has 0 unspecified atom stereocenters. The van der Waals surface area contributed by atoms with E-state index in [1.165, 1.54) is 0 Å². The van der Waals surface area contributed by atoms with Gasteiger partial charge in [0.25, 0.3) is 0 Å². The van der Waals surface area contributed by atoms with Gasteiger partial charge < -0.3 is 29.2 Å². The van der Waals surface area contributed by atoms with E-state index in [1.54, 1.807) is 94.0 Å². The van der Waals surface area contributed by atoms with Gasteiger partial charge in [-0.25, -0.2) is 4.79 Å². The Morgan fingerprint density at radius 1 is 0.566 bits per heavy atom. The summed E-state index contributed by atoms with van der Waals surface area (Å²) in [6.45, 7) is 8.67. The molecule has 9 nitrogen and oxygen atoms in total. The van der Waals surface area contributed by atoms with Crippen molar-refractivity contribution in [1.29, 1.82) is 0 Å². The fourth-order valence-electron chi connectivity index (χ4n) is 4.14. The van der Waals surface area contributed by atoms with E-state index in [0.717, 1.165) is 33.8 Å². The Morgan fingerprint density at radius 2 is 0.906 bits per heavy atom. The smallest absolute Gasteiger partial charge is 0.447 e. The average molecular weight is 883 g/mol. The van der Waals surface area contributed by atoms with Gasteiger partial charge in [0.05, 0.1) is 17.2 Å². The first kappa shape index (κ1) is 41.3. The number of benzene rings is 3. The average Bonchev–Trinajstić information content (AvgIpc) is 3.19. The van der Waals surface area contributed by atoms with Gasteiger partial charge in [0.15, 0.2) is 0 Å². The number of carbonyl (C=O) groups is 3. The normalized spacial score (nSPS) is 9.72. The fraction of sp³-hybridized carbons (Fsp3) is 0.116. The maximum atomic E-state index is 11.4. The van der Waals surface area contributed by atoms with Gasteiger partial charge in [-0.05, 0) is 42.2 Å². The number of rotatable bonds is 9. The molecule has 0 N–H and O–H groups in total. The minimum absolute atomic E-state index is 0. The standard InChI is InChI=1S/C15H12NO2.2C14H12NO2.Ir/c1-11(2)15(17)18-13-7-5-6-12(10-13)14-8-3-4-9-16-14;2*1-2-14(16)17-12-7-5-6-11(10-12)13-8-3-4-9-15-13;/h3-5,7-10H,1H2,2H3;2*3-5,7-10H,2H2,1H3;/q3*-1;+3. The quantitative estimate of drug-likeness (QED) is 0.0608. The maximum Gasteiger partial charge on any atom is 3.00 e. The SMILES string of the molecule is C=C(C)C(=O)Oc1cc[c-]c(-c2ccccn2)c1.CCC(=O)Oc1cc[c-]c(-c2ccccn2)c1.CCC(=O)Oc1cc[c-]c(-c2ccccn2)c1.[Ir+3]. The van der Waals surface area contributed by atoms with Crippen LogP contribution < -0.4 is 14.2 Å². The Balaban J connectivity index is 0.000000212. The Labute approximate surface area is 323 Å². The van der Waals surface area contributed by atoms with E-state index < -0.39 is 5.97 Å². The second-order valence-electron chi connectivity index (χ2n) is 10.8. The molecule has 3 heterocycles. The molecule has 0 fully saturated rings. The summed E-state index contributed by atoms with van der Waals surface area (Å²) in [6, 6.07) is 41.5. The van der Waals surface area contributed by atoms with Gasteiger partial charge in [0.2, 0.25) is 0 Å². The third kappa shape index (κ3) is 13.9. The third-order valence-corrected chi connectivity index (χ3v) is 6.74. The summed E-state index contributed by atoms with van der Waals surface area (Å²) in [6.07, 6.45) is 5.85. The van der Waals surface area contributed by atoms with Crippen molar-refractivity contribution in [2.45, 2.75) is 33.6 Å². The summed E-state index contributed by atoms with van der Waals surface area (Å²) in [7, 11) is 0. The van der Waals surface area contributed by atoms with Crippen LogP contribution in [0.4, 0.5) is 0 Å². The molecular formula is C43H36IrN3O6. The molecule has 0 aliphatic heterocycles. The van der Waals surface area contributed by atoms with Crippen LogP contribution in [0.1, 0.15) is 33.6 Å². The van der Waals surface area contributed by atoms with Crippen LogP contribution >= 0.6 is 0 Å². The van der Waals surface area contributed by atoms with Crippen LogP contribution in [0, 0.1) is 18.2 Å². The van der Waals surface area contributed by atoms with E-state index >= 15 is 0 Å². The molecule has 0 spiro atoms. The Morgan fingerprint density at radius 3 is 1.19 bits per heavy atom. The van der Waals surface area contributed by atoms with Crippen molar-refractivity contribution in [2.24, 2.45) is 0 Å². The van der Waals surface area contributed by atoms with Crippen LogP contribution in [-0.2, 0) is 34.5 Å². The zero-order chi connectivity index (χ0) is 37.1. The van der Waals surface area contributed by atoms with Crippen LogP contribution in [-0.4, -0.2) is 32.9 Å². The molecule has 53 heavy (non-hydrogen) atoms. The third-order valence-electron chi connectivity index (χ3n) is 6.74. The van der Waals surface area contributed by atoms with Crippen molar-refractivity contribution in [2.75, 3.05) is 0 Å². The van der Waals surface area contributed by atoms with Crippen LogP contribution in [0.5, 0.6) is 17.2 Å². The molecular weight excluding hydrogens is 847 g/mol. The number of pyridine rings is 3. The summed E-state index contributed by atoms with van der Waals surface area (Å²) in [5.41, 5.74) is 5.17. The van der Waals surface area contributed by atoms with Crippen LogP contribution in [0.2, 0.25) is 0 Å². The predicted octanol–water partition coefficient (Wildman–Crippen LogP) is 8.76. The van der Waals surface area contributed by atoms with Crippen LogP contribution in [0.3, 0.4) is 0 Å². The first-order valence-corrected chi connectivity index (χ1v) is 16.3. The molecule has 3 aromatic heterocycles. The van der Waals surface area contributed by atoms with Crippen molar-refractivity contribution in [3.8, 4) is 51.0 Å². The molecule has 0 amide bonds. The molecule has 0 radical (unpaired) electrons. The van der Waals surface area contributed by atoms with Gasteiger partial charge >= 0.3 is 38.0 Å². The van der Waals surface area contributed by atoms with Crippen LogP contribution in [0.15, 0.2) is 140 Å². The molecule has 0 atom stereocenters. The Hall–Kier alpha value is -6.09. The topological polar surface area (TPSA) is 118 Å². The number of aromatic nitrogens is 3. The minimum Gasteiger partial charge on any atom is -0.447 e. The zero-order valence-corrected chi connectivity index (χ0v) is 31.8. The monoisotopic (exact) mass is 883 g/mol. The van der Waals surface area contributed by atoms with E-state index in [1.807, 2.05) is 54.6 Å². The maximum absolute atomic E-state index is 11.4. The Bertz CT molecular complexity index is 1980. The first-order valence-electron chi connectivity index (χ1n) is 16.3. The largest absolute Gasteiger partial charge is 3.00 e. The predicted molar refractivity (Wildman–Crippen MR) is 198 cm³/mol. The van der Waals surface area contributed by atoms with E-state index in [2.05, 4.69) is 39.7 Å². The number of esters is 3. The number of nitrogens with zero attached hydrogens (tertiary/aromatic N) is 3. The summed E-state index contributed by atoms with van der Waals surface area (Å²) in [4.78, 5) is 46.4. The van der Waals surface area contributed by atoms with E-state index in [9.17, 15) is 14.4 Å². The van der Waals surface area contributed by atoms with Crippen molar-refractivity contribution in [1.82, 2.24) is 15.0 Å². The second kappa shape index (κ2) is 22.0. The van der Waals surface area contributed by atoms with Gasteiger partial charge in [-0.3, -0.25) is 9.59 Å². The fourth-order valence-corrected chi connectivity index (χ4v) is 4.14. The van der Waals surface area contributed by atoms with Crippen molar-refractivity contribution in [3.63, 3.8) is 0 Å². The number of carbonyl (C=O) groups excluding carboxylic acids is 3. The molecule has 6 rings (SSSR count). The van der Waals surface area contributed by atoms with Crippen molar-refractivity contribution < 1.29 is 48.7 Å². The molecule has 268 valence electrons. The Kier molecular flexibility index (Phi) is 17.1.